The van der Waals surface area contributed by atoms with Crippen molar-refractivity contribution in [1.82, 2.24) is 5.32 Å². The van der Waals surface area contributed by atoms with Crippen LogP contribution < -0.4 is 16.8 Å². The quantitative estimate of drug-likeness (QED) is 0.470. The van der Waals surface area contributed by atoms with Crippen LogP contribution in [0.2, 0.25) is 0 Å². The van der Waals surface area contributed by atoms with Crippen molar-refractivity contribution < 1.29 is 0 Å². The van der Waals surface area contributed by atoms with E-state index >= 15 is 0 Å². The van der Waals surface area contributed by atoms with E-state index in [0.29, 0.717) is 11.5 Å². The molecule has 1 atom stereocenters. The summed E-state index contributed by atoms with van der Waals surface area (Å²) in [4.78, 5) is 8.30. The molecule has 0 aromatic rings. The van der Waals surface area contributed by atoms with Crippen molar-refractivity contribution in [2.45, 2.75) is 39.4 Å². The molecule has 84 valence electrons. The molecule has 1 rings (SSSR count). The highest BCUT2D eigenvalue weighted by Gasteiger charge is 2.14. The van der Waals surface area contributed by atoms with Crippen LogP contribution >= 0.6 is 0 Å². The molecule has 0 amide bonds. The van der Waals surface area contributed by atoms with Crippen LogP contribution in [0.25, 0.3) is 0 Å². The molecular formula is C10H19N5. The monoisotopic (exact) mass is 209 g/mol. The van der Waals surface area contributed by atoms with Crippen molar-refractivity contribution in [2.24, 2.45) is 21.5 Å². The SMILES string of the molecule is CCCCC=NC1=C(C)NC(N)N=C1N. The summed E-state index contributed by atoms with van der Waals surface area (Å²) in [6.07, 6.45) is 4.70. The Kier molecular flexibility index (Phi) is 4.30. The third-order valence-corrected chi connectivity index (χ3v) is 2.15. The Hall–Kier alpha value is -1.36. The van der Waals surface area contributed by atoms with Crippen LogP contribution in [0.15, 0.2) is 21.4 Å². The van der Waals surface area contributed by atoms with E-state index in [1.165, 1.54) is 0 Å². The summed E-state index contributed by atoms with van der Waals surface area (Å²) in [6.45, 7) is 4.04. The molecule has 1 unspecified atom stereocenters. The van der Waals surface area contributed by atoms with Gasteiger partial charge in [0.15, 0.2) is 6.29 Å². The second kappa shape index (κ2) is 5.50. The van der Waals surface area contributed by atoms with Gasteiger partial charge in [-0.15, -0.1) is 0 Å². The summed E-state index contributed by atoms with van der Waals surface area (Å²) in [5, 5.41) is 2.98. The summed E-state index contributed by atoms with van der Waals surface area (Å²) in [5.74, 6) is 0.409. The average Bonchev–Trinajstić information content (AvgIpc) is 2.15. The van der Waals surface area contributed by atoms with E-state index in [2.05, 4.69) is 22.2 Å². The number of hydrogen-bond acceptors (Lipinski definition) is 5. The van der Waals surface area contributed by atoms with Gasteiger partial charge in [-0.25, -0.2) is 4.99 Å². The third kappa shape index (κ3) is 3.36. The number of aliphatic imine (C=N–C) groups is 2. The Morgan fingerprint density at radius 2 is 2.33 bits per heavy atom. The van der Waals surface area contributed by atoms with Crippen molar-refractivity contribution in [2.75, 3.05) is 0 Å². The number of unbranched alkanes of at least 4 members (excludes halogenated alkanes) is 2. The summed E-state index contributed by atoms with van der Waals surface area (Å²) < 4.78 is 0. The molecule has 15 heavy (non-hydrogen) atoms. The smallest absolute Gasteiger partial charge is 0.173 e. The predicted octanol–water partition coefficient (Wildman–Crippen LogP) is 0.682. The molecule has 0 fully saturated rings. The molecule has 0 radical (unpaired) electrons. The first kappa shape index (κ1) is 11.7. The number of nitrogens with one attached hydrogen (secondary N) is 1. The first-order chi connectivity index (χ1) is 7.15. The minimum absolute atomic E-state index is 0.409. The van der Waals surface area contributed by atoms with Crippen LogP contribution in [-0.4, -0.2) is 18.3 Å². The third-order valence-electron chi connectivity index (χ3n) is 2.15. The second-order valence-electron chi connectivity index (χ2n) is 3.53. The molecule has 0 bridgehead atoms. The zero-order chi connectivity index (χ0) is 11.3. The highest BCUT2D eigenvalue weighted by atomic mass is 15.2. The molecule has 0 aromatic heterocycles. The van der Waals surface area contributed by atoms with Crippen molar-refractivity contribution in [3.05, 3.63) is 11.4 Å². The topological polar surface area (TPSA) is 88.8 Å². The van der Waals surface area contributed by atoms with Gasteiger partial charge in [-0.1, -0.05) is 13.3 Å². The van der Waals surface area contributed by atoms with Gasteiger partial charge in [-0.05, 0) is 19.8 Å². The van der Waals surface area contributed by atoms with Gasteiger partial charge < -0.3 is 11.1 Å². The molecule has 5 N–H and O–H groups in total. The molecule has 0 saturated heterocycles. The number of amidine groups is 1. The molecular weight excluding hydrogens is 190 g/mol. The number of hydrogen-bond donors (Lipinski definition) is 3. The van der Waals surface area contributed by atoms with Gasteiger partial charge in [0.1, 0.15) is 11.5 Å². The fourth-order valence-corrected chi connectivity index (χ4v) is 1.34. The first-order valence-corrected chi connectivity index (χ1v) is 5.24. The number of nitrogens with zero attached hydrogens (tertiary/aromatic N) is 2. The minimum Gasteiger partial charge on any atom is -0.382 e. The standard InChI is InChI=1S/C10H19N5/c1-3-4-5-6-13-8-7(2)14-10(12)15-9(8)11/h6,10,14H,3-5,12H2,1-2H3,(H2,11,15). The van der Waals surface area contributed by atoms with Crippen LogP contribution in [0.3, 0.4) is 0 Å². The van der Waals surface area contributed by atoms with Crippen molar-refractivity contribution in [1.29, 1.82) is 0 Å². The van der Waals surface area contributed by atoms with E-state index in [0.717, 1.165) is 25.0 Å². The number of allylic oxidation sites excluding steroid dienone is 1. The fourth-order valence-electron chi connectivity index (χ4n) is 1.34. The maximum absolute atomic E-state index is 5.73. The molecule has 0 saturated carbocycles. The van der Waals surface area contributed by atoms with Gasteiger partial charge in [-0.2, -0.15) is 0 Å². The molecule has 0 aliphatic carbocycles. The molecule has 1 aliphatic rings. The van der Waals surface area contributed by atoms with Crippen molar-refractivity contribution >= 4 is 12.1 Å². The lowest BCUT2D eigenvalue weighted by Gasteiger charge is -2.19. The van der Waals surface area contributed by atoms with E-state index in [4.69, 9.17) is 11.5 Å². The van der Waals surface area contributed by atoms with Gasteiger partial charge >= 0.3 is 0 Å². The van der Waals surface area contributed by atoms with Gasteiger partial charge in [0.2, 0.25) is 0 Å². The molecule has 5 heteroatoms. The largest absolute Gasteiger partial charge is 0.382 e. The average molecular weight is 209 g/mol. The molecule has 0 aromatic carbocycles. The van der Waals surface area contributed by atoms with Gasteiger partial charge in [0, 0.05) is 11.9 Å². The maximum atomic E-state index is 5.73. The zero-order valence-corrected chi connectivity index (χ0v) is 9.33. The molecule has 5 nitrogen and oxygen atoms in total. The summed E-state index contributed by atoms with van der Waals surface area (Å²) in [7, 11) is 0. The predicted molar refractivity (Wildman–Crippen MR) is 63.5 cm³/mol. The summed E-state index contributed by atoms with van der Waals surface area (Å²) in [6, 6.07) is 0. The van der Waals surface area contributed by atoms with Crippen LogP contribution in [-0.2, 0) is 0 Å². The molecule has 1 aliphatic heterocycles. The van der Waals surface area contributed by atoms with Gasteiger partial charge in [0.25, 0.3) is 0 Å². The lowest BCUT2D eigenvalue weighted by molar-refractivity contribution is 0.600. The Bertz CT molecular complexity index is 303. The van der Waals surface area contributed by atoms with Crippen molar-refractivity contribution in [3.63, 3.8) is 0 Å². The van der Waals surface area contributed by atoms with Crippen LogP contribution in [0.1, 0.15) is 33.1 Å². The van der Waals surface area contributed by atoms with Gasteiger partial charge in [-0.3, -0.25) is 10.7 Å². The number of rotatable bonds is 4. The Labute approximate surface area is 90.3 Å². The Balaban J connectivity index is 2.64. The lowest BCUT2D eigenvalue weighted by atomic mass is 10.2. The van der Waals surface area contributed by atoms with E-state index in [1.807, 2.05) is 13.1 Å². The van der Waals surface area contributed by atoms with Crippen molar-refractivity contribution in [3.8, 4) is 0 Å². The van der Waals surface area contributed by atoms with Gasteiger partial charge in [0.05, 0.1) is 0 Å². The summed E-state index contributed by atoms with van der Waals surface area (Å²) >= 11 is 0. The highest BCUT2D eigenvalue weighted by molar-refractivity contribution is 5.99. The van der Waals surface area contributed by atoms with Crippen LogP contribution in [0.4, 0.5) is 0 Å². The second-order valence-corrected chi connectivity index (χ2v) is 3.53. The fraction of sp³-hybridized carbons (Fsp3) is 0.600. The normalized spacial score (nSPS) is 21.8. The molecule has 1 heterocycles. The summed E-state index contributed by atoms with van der Waals surface area (Å²) in [5.41, 5.74) is 12.9. The van der Waals surface area contributed by atoms with E-state index < -0.39 is 6.29 Å². The van der Waals surface area contributed by atoms with E-state index in [-0.39, 0.29) is 0 Å². The van der Waals surface area contributed by atoms with Crippen LogP contribution in [0.5, 0.6) is 0 Å². The number of nitrogens with two attached hydrogens (primary N) is 2. The van der Waals surface area contributed by atoms with Crippen LogP contribution in [0, 0.1) is 0 Å². The zero-order valence-electron chi connectivity index (χ0n) is 9.33. The Morgan fingerprint density at radius 3 is 2.93 bits per heavy atom. The highest BCUT2D eigenvalue weighted by Crippen LogP contribution is 2.09. The minimum atomic E-state index is -0.445. The molecule has 0 spiro atoms. The lowest BCUT2D eigenvalue weighted by Crippen LogP contribution is -2.41. The maximum Gasteiger partial charge on any atom is 0.173 e. The van der Waals surface area contributed by atoms with E-state index in [1.54, 1.807) is 0 Å². The Morgan fingerprint density at radius 1 is 1.60 bits per heavy atom. The first-order valence-electron chi connectivity index (χ1n) is 5.24. The van der Waals surface area contributed by atoms with E-state index in [9.17, 15) is 0 Å².